The number of carbonyl (C=O) groups is 1. The van der Waals surface area contributed by atoms with Gasteiger partial charge in [0.15, 0.2) is 0 Å². The highest BCUT2D eigenvalue weighted by molar-refractivity contribution is 9.10. The smallest absolute Gasteiger partial charge is 0.251 e. The third-order valence-corrected chi connectivity index (χ3v) is 4.99. The van der Waals surface area contributed by atoms with Crippen LogP contribution in [0.2, 0.25) is 0 Å². The van der Waals surface area contributed by atoms with Gasteiger partial charge in [-0.25, -0.2) is 0 Å². The standard InChI is InChI=1S/C15H14BrNOS/c16-11-6-4-10(5-7-11)15(18)17-13-2-1-3-14-12(13)8-9-19-14/h4-9,13H,1-3H2,(H,17,18). The van der Waals surface area contributed by atoms with Crippen LogP contribution in [0, 0.1) is 0 Å². The Balaban J connectivity index is 1.76. The van der Waals surface area contributed by atoms with E-state index in [0.717, 1.165) is 23.7 Å². The Morgan fingerprint density at radius 3 is 2.84 bits per heavy atom. The zero-order valence-electron chi connectivity index (χ0n) is 10.4. The highest BCUT2D eigenvalue weighted by atomic mass is 79.9. The summed E-state index contributed by atoms with van der Waals surface area (Å²) in [5.41, 5.74) is 2.02. The van der Waals surface area contributed by atoms with Gasteiger partial charge in [0.1, 0.15) is 0 Å². The first-order chi connectivity index (χ1) is 9.24. The van der Waals surface area contributed by atoms with Crippen molar-refractivity contribution >= 4 is 33.2 Å². The van der Waals surface area contributed by atoms with E-state index in [1.165, 1.54) is 10.4 Å². The van der Waals surface area contributed by atoms with E-state index in [0.29, 0.717) is 5.56 Å². The van der Waals surface area contributed by atoms with Gasteiger partial charge in [-0.05, 0) is 60.5 Å². The van der Waals surface area contributed by atoms with Crippen molar-refractivity contribution < 1.29 is 4.79 Å². The Kier molecular flexibility index (Phi) is 3.71. The predicted octanol–water partition coefficient (Wildman–Crippen LogP) is 4.32. The quantitative estimate of drug-likeness (QED) is 0.870. The van der Waals surface area contributed by atoms with Gasteiger partial charge in [-0.3, -0.25) is 4.79 Å². The van der Waals surface area contributed by atoms with Crippen LogP contribution >= 0.6 is 27.3 Å². The van der Waals surface area contributed by atoms with E-state index in [-0.39, 0.29) is 11.9 Å². The van der Waals surface area contributed by atoms with Crippen LogP contribution in [-0.4, -0.2) is 5.91 Å². The molecule has 0 saturated heterocycles. The molecule has 1 aromatic carbocycles. The molecule has 0 aliphatic heterocycles. The monoisotopic (exact) mass is 335 g/mol. The molecule has 2 nitrogen and oxygen atoms in total. The summed E-state index contributed by atoms with van der Waals surface area (Å²) in [5.74, 6) is 0.0107. The van der Waals surface area contributed by atoms with Crippen molar-refractivity contribution in [3.05, 3.63) is 56.2 Å². The summed E-state index contributed by atoms with van der Waals surface area (Å²) in [6.07, 6.45) is 3.34. The number of benzene rings is 1. The first-order valence-electron chi connectivity index (χ1n) is 6.37. The second-order valence-corrected chi connectivity index (χ2v) is 6.64. The van der Waals surface area contributed by atoms with Gasteiger partial charge in [0, 0.05) is 14.9 Å². The minimum absolute atomic E-state index is 0.0107. The number of halogens is 1. The molecule has 0 spiro atoms. The largest absolute Gasteiger partial charge is 0.345 e. The lowest BCUT2D eigenvalue weighted by Crippen LogP contribution is -2.30. The molecule has 0 saturated carbocycles. The van der Waals surface area contributed by atoms with Crippen LogP contribution in [0.5, 0.6) is 0 Å². The Labute approximate surface area is 125 Å². The Morgan fingerprint density at radius 1 is 1.26 bits per heavy atom. The van der Waals surface area contributed by atoms with Gasteiger partial charge in [-0.15, -0.1) is 11.3 Å². The third-order valence-electron chi connectivity index (χ3n) is 3.46. The molecule has 3 rings (SSSR count). The Morgan fingerprint density at radius 2 is 2.05 bits per heavy atom. The molecule has 1 amide bonds. The number of hydrogen-bond acceptors (Lipinski definition) is 2. The van der Waals surface area contributed by atoms with Gasteiger partial charge >= 0.3 is 0 Å². The highest BCUT2D eigenvalue weighted by Crippen LogP contribution is 2.33. The summed E-state index contributed by atoms with van der Waals surface area (Å²) in [6, 6.07) is 9.79. The summed E-state index contributed by atoms with van der Waals surface area (Å²) < 4.78 is 0.988. The fourth-order valence-electron chi connectivity index (χ4n) is 2.48. The van der Waals surface area contributed by atoms with E-state index in [2.05, 4.69) is 32.7 Å². The van der Waals surface area contributed by atoms with Gasteiger partial charge in [0.25, 0.3) is 5.91 Å². The lowest BCUT2D eigenvalue weighted by Gasteiger charge is -2.23. The van der Waals surface area contributed by atoms with E-state index in [1.54, 1.807) is 11.3 Å². The lowest BCUT2D eigenvalue weighted by atomic mass is 9.94. The van der Waals surface area contributed by atoms with Crippen LogP contribution in [0.4, 0.5) is 0 Å². The number of amides is 1. The minimum Gasteiger partial charge on any atom is -0.345 e. The zero-order valence-corrected chi connectivity index (χ0v) is 12.8. The molecular formula is C15H14BrNOS. The Bertz CT molecular complexity index is 590. The number of fused-ring (bicyclic) bond motifs is 1. The molecule has 0 fully saturated rings. The molecule has 1 unspecified atom stereocenters. The molecule has 1 aliphatic rings. The van der Waals surface area contributed by atoms with Crippen molar-refractivity contribution in [3.63, 3.8) is 0 Å². The molecule has 1 atom stereocenters. The van der Waals surface area contributed by atoms with Gasteiger partial charge in [-0.2, -0.15) is 0 Å². The molecule has 19 heavy (non-hydrogen) atoms. The number of carbonyl (C=O) groups excluding carboxylic acids is 1. The SMILES string of the molecule is O=C(NC1CCCc2sccc21)c1ccc(Br)cc1. The number of hydrogen-bond donors (Lipinski definition) is 1. The number of nitrogens with one attached hydrogen (secondary N) is 1. The number of thiophene rings is 1. The maximum Gasteiger partial charge on any atom is 0.251 e. The topological polar surface area (TPSA) is 29.1 Å². The molecule has 0 radical (unpaired) electrons. The molecule has 1 aromatic heterocycles. The normalized spacial score (nSPS) is 17.8. The average Bonchev–Trinajstić information content (AvgIpc) is 2.89. The van der Waals surface area contributed by atoms with Crippen molar-refractivity contribution in [1.82, 2.24) is 5.32 Å². The maximum absolute atomic E-state index is 12.2. The van der Waals surface area contributed by atoms with Crippen LogP contribution in [0.1, 0.15) is 39.7 Å². The van der Waals surface area contributed by atoms with Crippen LogP contribution in [-0.2, 0) is 6.42 Å². The van der Waals surface area contributed by atoms with E-state index in [9.17, 15) is 4.79 Å². The lowest BCUT2D eigenvalue weighted by molar-refractivity contribution is 0.0933. The molecule has 1 N–H and O–H groups in total. The van der Waals surface area contributed by atoms with E-state index in [1.807, 2.05) is 24.3 Å². The number of aryl methyl sites for hydroxylation is 1. The maximum atomic E-state index is 12.2. The van der Waals surface area contributed by atoms with Gasteiger partial charge in [-0.1, -0.05) is 15.9 Å². The molecule has 0 bridgehead atoms. The third kappa shape index (κ3) is 2.74. The van der Waals surface area contributed by atoms with Crippen LogP contribution in [0.25, 0.3) is 0 Å². The van der Waals surface area contributed by atoms with Crippen LogP contribution in [0.15, 0.2) is 40.2 Å². The second-order valence-electron chi connectivity index (χ2n) is 4.72. The van der Waals surface area contributed by atoms with E-state index >= 15 is 0 Å². The predicted molar refractivity (Wildman–Crippen MR) is 81.6 cm³/mol. The van der Waals surface area contributed by atoms with Crippen molar-refractivity contribution in [2.75, 3.05) is 0 Å². The van der Waals surface area contributed by atoms with E-state index < -0.39 is 0 Å². The molecule has 4 heteroatoms. The zero-order chi connectivity index (χ0) is 13.2. The summed E-state index contributed by atoms with van der Waals surface area (Å²) in [5, 5.41) is 5.27. The van der Waals surface area contributed by atoms with E-state index in [4.69, 9.17) is 0 Å². The fourth-order valence-corrected chi connectivity index (χ4v) is 3.73. The summed E-state index contributed by atoms with van der Waals surface area (Å²) in [7, 11) is 0. The van der Waals surface area contributed by atoms with Crippen LogP contribution < -0.4 is 5.32 Å². The number of rotatable bonds is 2. The molecule has 1 aliphatic carbocycles. The summed E-state index contributed by atoms with van der Waals surface area (Å²) >= 11 is 5.18. The summed E-state index contributed by atoms with van der Waals surface area (Å²) in [6.45, 7) is 0. The highest BCUT2D eigenvalue weighted by Gasteiger charge is 2.22. The first kappa shape index (κ1) is 12.9. The Hall–Kier alpha value is -1.13. The molecule has 1 heterocycles. The van der Waals surface area contributed by atoms with Crippen molar-refractivity contribution in [3.8, 4) is 0 Å². The molecule has 98 valence electrons. The second kappa shape index (κ2) is 5.47. The summed E-state index contributed by atoms with van der Waals surface area (Å²) in [4.78, 5) is 13.7. The van der Waals surface area contributed by atoms with Crippen molar-refractivity contribution in [2.24, 2.45) is 0 Å². The molecular weight excluding hydrogens is 322 g/mol. The average molecular weight is 336 g/mol. The van der Waals surface area contributed by atoms with Crippen LogP contribution in [0.3, 0.4) is 0 Å². The van der Waals surface area contributed by atoms with Crippen molar-refractivity contribution in [1.29, 1.82) is 0 Å². The molecule has 2 aromatic rings. The van der Waals surface area contributed by atoms with Gasteiger partial charge < -0.3 is 5.32 Å². The minimum atomic E-state index is 0.0107. The van der Waals surface area contributed by atoms with Gasteiger partial charge in [0.05, 0.1) is 6.04 Å². The first-order valence-corrected chi connectivity index (χ1v) is 8.04. The fraction of sp³-hybridized carbons (Fsp3) is 0.267. The van der Waals surface area contributed by atoms with Gasteiger partial charge in [0.2, 0.25) is 0 Å². The van der Waals surface area contributed by atoms with Crippen molar-refractivity contribution in [2.45, 2.75) is 25.3 Å².